The van der Waals surface area contributed by atoms with Gasteiger partial charge in [-0.2, -0.15) is 0 Å². The average Bonchev–Trinajstić information content (AvgIpc) is 2.61. The minimum absolute atomic E-state index is 0.709. The molecule has 1 atom stereocenters. The van der Waals surface area contributed by atoms with E-state index in [2.05, 4.69) is 47.6 Å². The molecule has 0 aromatic heterocycles. The zero-order valence-corrected chi connectivity index (χ0v) is 11.2. The maximum absolute atomic E-state index is 2.48. The first kappa shape index (κ1) is 12.5. The van der Waals surface area contributed by atoms with Crippen molar-refractivity contribution in [3.05, 3.63) is 22.8 Å². The summed E-state index contributed by atoms with van der Waals surface area (Å²) in [4.78, 5) is 0. The molecule has 0 saturated carbocycles. The Morgan fingerprint density at radius 1 is 1.07 bits per heavy atom. The largest absolute Gasteiger partial charge is 0.0648 e. The van der Waals surface area contributed by atoms with E-state index >= 15 is 0 Å². The minimum atomic E-state index is 0.709. The molecule has 0 heterocycles. The fourth-order valence-corrected chi connectivity index (χ4v) is 2.25. The molecule has 1 aliphatic rings. The first-order chi connectivity index (χ1) is 6.97. The summed E-state index contributed by atoms with van der Waals surface area (Å²) in [6, 6.07) is 0. The lowest BCUT2D eigenvalue weighted by atomic mass is 9.90. The molecule has 0 aliphatic heterocycles. The first-order valence-corrected chi connectivity index (χ1v) is 6.40. The zero-order chi connectivity index (χ0) is 11.6. The van der Waals surface area contributed by atoms with Gasteiger partial charge in [-0.3, -0.25) is 0 Å². The minimum Gasteiger partial charge on any atom is -0.0648 e. The van der Waals surface area contributed by atoms with Crippen molar-refractivity contribution in [3.8, 4) is 0 Å². The monoisotopic (exact) mass is 206 g/mol. The molecule has 0 fully saturated rings. The first-order valence-electron chi connectivity index (χ1n) is 6.40. The maximum atomic E-state index is 2.48. The summed E-state index contributed by atoms with van der Waals surface area (Å²) in [6.45, 7) is 13.9. The predicted molar refractivity (Wildman–Crippen MR) is 68.9 cm³/mol. The molecule has 15 heavy (non-hydrogen) atoms. The van der Waals surface area contributed by atoms with Crippen LogP contribution in [0.15, 0.2) is 22.8 Å². The molecule has 0 aromatic rings. The number of hydrogen-bond acceptors (Lipinski definition) is 0. The Hall–Kier alpha value is -0.520. The third kappa shape index (κ3) is 2.74. The SMILES string of the molecule is CCC(C)C1=C(C(C)C)CC(C(C)C)=C1. The second-order valence-corrected chi connectivity index (χ2v) is 5.50. The predicted octanol–water partition coefficient (Wildman–Crippen LogP) is 4.97. The number of rotatable bonds is 4. The van der Waals surface area contributed by atoms with Gasteiger partial charge in [0.15, 0.2) is 0 Å². The standard InChI is InChI=1S/C15H26/c1-7-12(6)15-9-13(10(2)3)8-14(15)11(4)5/h9-12H,7-8H2,1-6H3. The highest BCUT2D eigenvalue weighted by atomic mass is 14.3. The zero-order valence-electron chi connectivity index (χ0n) is 11.2. The van der Waals surface area contributed by atoms with Crippen LogP contribution < -0.4 is 0 Å². The molecule has 0 saturated heterocycles. The van der Waals surface area contributed by atoms with Crippen molar-refractivity contribution in [2.45, 2.75) is 54.4 Å². The van der Waals surface area contributed by atoms with E-state index in [4.69, 9.17) is 0 Å². The fourth-order valence-electron chi connectivity index (χ4n) is 2.25. The van der Waals surface area contributed by atoms with Crippen LogP contribution in [0.5, 0.6) is 0 Å². The van der Waals surface area contributed by atoms with Gasteiger partial charge in [0.05, 0.1) is 0 Å². The van der Waals surface area contributed by atoms with E-state index in [1.165, 1.54) is 12.8 Å². The highest BCUT2D eigenvalue weighted by Crippen LogP contribution is 2.38. The Kier molecular flexibility index (Phi) is 4.19. The van der Waals surface area contributed by atoms with E-state index in [0.717, 1.165) is 5.92 Å². The van der Waals surface area contributed by atoms with E-state index in [9.17, 15) is 0 Å². The number of hydrogen-bond donors (Lipinski definition) is 0. The normalized spacial score (nSPS) is 19.1. The van der Waals surface area contributed by atoms with Crippen LogP contribution in [0.4, 0.5) is 0 Å². The van der Waals surface area contributed by atoms with Crippen molar-refractivity contribution < 1.29 is 0 Å². The van der Waals surface area contributed by atoms with Crippen LogP contribution in [0.3, 0.4) is 0 Å². The fraction of sp³-hybridized carbons (Fsp3) is 0.733. The summed E-state index contributed by atoms with van der Waals surface area (Å²) < 4.78 is 0. The number of allylic oxidation sites excluding steroid dienone is 4. The van der Waals surface area contributed by atoms with Gasteiger partial charge in [0.2, 0.25) is 0 Å². The van der Waals surface area contributed by atoms with Gasteiger partial charge < -0.3 is 0 Å². The Morgan fingerprint density at radius 2 is 1.67 bits per heavy atom. The second-order valence-electron chi connectivity index (χ2n) is 5.50. The van der Waals surface area contributed by atoms with Gasteiger partial charge in [-0.05, 0) is 36.2 Å². The molecule has 0 radical (unpaired) electrons. The topological polar surface area (TPSA) is 0 Å². The van der Waals surface area contributed by atoms with Crippen LogP contribution in [0.1, 0.15) is 54.4 Å². The summed E-state index contributed by atoms with van der Waals surface area (Å²) in [7, 11) is 0. The average molecular weight is 206 g/mol. The van der Waals surface area contributed by atoms with Gasteiger partial charge in [-0.25, -0.2) is 0 Å². The Balaban J connectivity index is 2.94. The van der Waals surface area contributed by atoms with E-state index in [1.54, 1.807) is 16.7 Å². The molecule has 0 aromatic carbocycles. The van der Waals surface area contributed by atoms with E-state index in [1.807, 2.05) is 0 Å². The van der Waals surface area contributed by atoms with Crippen molar-refractivity contribution in [1.82, 2.24) is 0 Å². The van der Waals surface area contributed by atoms with Crippen LogP contribution in [0, 0.1) is 17.8 Å². The highest BCUT2D eigenvalue weighted by Gasteiger charge is 2.22. The van der Waals surface area contributed by atoms with E-state index in [-0.39, 0.29) is 0 Å². The van der Waals surface area contributed by atoms with Crippen molar-refractivity contribution in [3.63, 3.8) is 0 Å². The lowest BCUT2D eigenvalue weighted by Gasteiger charge is -2.15. The third-order valence-corrected chi connectivity index (χ3v) is 3.69. The lowest BCUT2D eigenvalue weighted by molar-refractivity contribution is 0.638. The van der Waals surface area contributed by atoms with Crippen LogP contribution in [0.25, 0.3) is 0 Å². The molecule has 0 N–H and O–H groups in total. The second kappa shape index (κ2) is 5.01. The van der Waals surface area contributed by atoms with Crippen LogP contribution in [0.2, 0.25) is 0 Å². The van der Waals surface area contributed by atoms with Gasteiger partial charge in [0.1, 0.15) is 0 Å². The van der Waals surface area contributed by atoms with Crippen LogP contribution in [-0.2, 0) is 0 Å². The molecule has 0 nitrogen and oxygen atoms in total. The quantitative estimate of drug-likeness (QED) is 0.609. The molecule has 0 amide bonds. The molecule has 0 spiro atoms. The molecule has 1 rings (SSSR count). The Bertz CT molecular complexity index is 276. The van der Waals surface area contributed by atoms with Crippen molar-refractivity contribution in [2.75, 3.05) is 0 Å². The summed E-state index contributed by atoms with van der Waals surface area (Å²) in [5.74, 6) is 2.15. The molecule has 0 heteroatoms. The van der Waals surface area contributed by atoms with Gasteiger partial charge >= 0.3 is 0 Å². The molecular formula is C15H26. The van der Waals surface area contributed by atoms with Crippen LogP contribution in [-0.4, -0.2) is 0 Å². The van der Waals surface area contributed by atoms with Crippen molar-refractivity contribution >= 4 is 0 Å². The summed E-state index contributed by atoms with van der Waals surface area (Å²) in [5, 5.41) is 0. The highest BCUT2D eigenvalue weighted by molar-refractivity contribution is 5.41. The summed E-state index contributed by atoms with van der Waals surface area (Å²) >= 11 is 0. The van der Waals surface area contributed by atoms with Gasteiger partial charge in [0, 0.05) is 0 Å². The lowest BCUT2D eigenvalue weighted by Crippen LogP contribution is -2.01. The van der Waals surface area contributed by atoms with Crippen LogP contribution >= 0.6 is 0 Å². The smallest absolute Gasteiger partial charge is 0.00942 e. The van der Waals surface area contributed by atoms with E-state index in [0.29, 0.717) is 11.8 Å². The Morgan fingerprint density at radius 3 is 2.07 bits per heavy atom. The molecule has 86 valence electrons. The van der Waals surface area contributed by atoms with Gasteiger partial charge in [-0.15, -0.1) is 0 Å². The maximum Gasteiger partial charge on any atom is -0.00942 e. The van der Waals surface area contributed by atoms with Gasteiger partial charge in [-0.1, -0.05) is 58.8 Å². The molecule has 0 bridgehead atoms. The molecular weight excluding hydrogens is 180 g/mol. The Labute approximate surface area is 95.5 Å². The summed E-state index contributed by atoms with van der Waals surface area (Å²) in [6.07, 6.45) is 4.97. The van der Waals surface area contributed by atoms with Crippen molar-refractivity contribution in [1.29, 1.82) is 0 Å². The van der Waals surface area contributed by atoms with Gasteiger partial charge in [0.25, 0.3) is 0 Å². The van der Waals surface area contributed by atoms with E-state index < -0.39 is 0 Å². The third-order valence-electron chi connectivity index (χ3n) is 3.69. The van der Waals surface area contributed by atoms with Crippen molar-refractivity contribution in [2.24, 2.45) is 17.8 Å². The molecule has 1 unspecified atom stereocenters. The summed E-state index contributed by atoms with van der Waals surface area (Å²) in [5.41, 5.74) is 4.96. The molecule has 1 aliphatic carbocycles.